The summed E-state index contributed by atoms with van der Waals surface area (Å²) in [6.07, 6.45) is -0.326. The zero-order valence-electron chi connectivity index (χ0n) is 17.9. The largest absolute Gasteiger partial charge is 0.487 e. The maximum atomic E-state index is 12.0. The molecule has 0 spiro atoms. The summed E-state index contributed by atoms with van der Waals surface area (Å²) in [6.45, 7) is 15.8. The van der Waals surface area contributed by atoms with E-state index in [1.165, 1.54) is 6.07 Å². The van der Waals surface area contributed by atoms with Crippen LogP contribution >= 0.6 is 0 Å². The van der Waals surface area contributed by atoms with Gasteiger partial charge < -0.3 is 14.1 Å². The molecule has 0 fully saturated rings. The molecule has 0 saturated carbocycles. The molecule has 29 heavy (non-hydrogen) atoms. The Labute approximate surface area is 174 Å². The minimum Gasteiger partial charge on any atom is -0.487 e. The molecule has 5 heteroatoms. The standard InChI is InChI=1S/C24H30NO3Si/c1-17(28-29(5,6)24(2,3)4)19-12-14-21(23-20(19)13-15-22(26)25-23)27-16-18-10-8-7-9-11-18/h7-15,17H,1,16H2,2-6H3,(H,25,26)/t17-/m1/s1. The highest BCUT2D eigenvalue weighted by Crippen LogP contribution is 2.41. The van der Waals surface area contributed by atoms with Crippen molar-refractivity contribution in [1.82, 2.24) is 4.98 Å². The lowest BCUT2D eigenvalue weighted by Crippen LogP contribution is -2.41. The average Bonchev–Trinajstić information content (AvgIpc) is 2.65. The van der Waals surface area contributed by atoms with Gasteiger partial charge in [-0.1, -0.05) is 57.2 Å². The molecule has 4 nitrogen and oxygen atoms in total. The summed E-state index contributed by atoms with van der Waals surface area (Å²) < 4.78 is 12.5. The third-order valence-corrected chi connectivity index (χ3v) is 10.2. The summed E-state index contributed by atoms with van der Waals surface area (Å²) >= 11 is 0. The summed E-state index contributed by atoms with van der Waals surface area (Å²) in [5.74, 6) is 0.643. The van der Waals surface area contributed by atoms with Gasteiger partial charge in [-0.3, -0.25) is 4.79 Å². The van der Waals surface area contributed by atoms with Gasteiger partial charge in [-0.15, -0.1) is 0 Å². The molecule has 3 rings (SSSR count). The van der Waals surface area contributed by atoms with Crippen molar-refractivity contribution >= 4 is 19.2 Å². The third kappa shape index (κ3) is 4.79. The lowest BCUT2D eigenvalue weighted by Gasteiger charge is -2.38. The van der Waals surface area contributed by atoms with Crippen LogP contribution in [-0.2, 0) is 11.0 Å². The van der Waals surface area contributed by atoms with Crippen molar-refractivity contribution in [2.24, 2.45) is 0 Å². The van der Waals surface area contributed by atoms with Gasteiger partial charge in [0.15, 0.2) is 8.32 Å². The number of hydrogen-bond donors (Lipinski definition) is 1. The Morgan fingerprint density at radius 2 is 1.72 bits per heavy atom. The van der Waals surface area contributed by atoms with Gasteiger partial charge in [0.2, 0.25) is 5.56 Å². The number of rotatable bonds is 6. The van der Waals surface area contributed by atoms with Crippen molar-refractivity contribution in [2.75, 3.05) is 0 Å². The topological polar surface area (TPSA) is 51.3 Å². The van der Waals surface area contributed by atoms with Crippen LogP contribution in [0, 0.1) is 6.92 Å². The fraction of sp³-hybridized carbons (Fsp3) is 0.333. The first-order valence-electron chi connectivity index (χ1n) is 9.92. The fourth-order valence-electron chi connectivity index (χ4n) is 2.98. The van der Waals surface area contributed by atoms with Gasteiger partial charge in [0.05, 0.1) is 11.6 Å². The van der Waals surface area contributed by atoms with Crippen molar-refractivity contribution in [3.63, 3.8) is 0 Å². The van der Waals surface area contributed by atoms with Gasteiger partial charge in [0.1, 0.15) is 12.4 Å². The van der Waals surface area contributed by atoms with Crippen molar-refractivity contribution in [1.29, 1.82) is 0 Å². The summed E-state index contributed by atoms with van der Waals surface area (Å²) in [4.78, 5) is 14.9. The van der Waals surface area contributed by atoms with E-state index in [4.69, 9.17) is 9.16 Å². The van der Waals surface area contributed by atoms with E-state index in [0.717, 1.165) is 16.5 Å². The number of ether oxygens (including phenoxy) is 1. The number of nitrogens with one attached hydrogen (secondary N) is 1. The average molecular weight is 409 g/mol. The Morgan fingerprint density at radius 1 is 1.03 bits per heavy atom. The number of H-pyrrole nitrogens is 1. The maximum Gasteiger partial charge on any atom is 0.248 e. The molecule has 3 aromatic rings. The third-order valence-electron chi connectivity index (χ3n) is 5.72. The first kappa shape index (κ1) is 21.3. The van der Waals surface area contributed by atoms with Crippen LogP contribution in [0.15, 0.2) is 59.4 Å². The van der Waals surface area contributed by atoms with E-state index in [2.05, 4.69) is 45.8 Å². The van der Waals surface area contributed by atoms with Crippen LogP contribution in [0.5, 0.6) is 5.75 Å². The van der Waals surface area contributed by atoms with Crippen molar-refractivity contribution < 1.29 is 9.16 Å². The molecule has 0 aliphatic heterocycles. The smallest absolute Gasteiger partial charge is 0.248 e. The number of aromatic nitrogens is 1. The molecule has 0 saturated heterocycles. The molecule has 1 aromatic heterocycles. The summed E-state index contributed by atoms with van der Waals surface area (Å²) in [5.41, 5.74) is 2.54. The van der Waals surface area contributed by atoms with Crippen LogP contribution in [0.25, 0.3) is 10.9 Å². The highest BCUT2D eigenvalue weighted by atomic mass is 28.4. The van der Waals surface area contributed by atoms with E-state index >= 15 is 0 Å². The van der Waals surface area contributed by atoms with E-state index in [1.807, 2.05) is 48.5 Å². The van der Waals surface area contributed by atoms with E-state index in [0.29, 0.717) is 17.9 Å². The van der Waals surface area contributed by atoms with Gasteiger partial charge in [0, 0.05) is 11.5 Å². The van der Waals surface area contributed by atoms with Crippen LogP contribution in [0.2, 0.25) is 18.1 Å². The Morgan fingerprint density at radius 3 is 2.38 bits per heavy atom. The van der Waals surface area contributed by atoms with Gasteiger partial charge in [-0.2, -0.15) is 0 Å². The molecule has 1 radical (unpaired) electrons. The van der Waals surface area contributed by atoms with Crippen molar-refractivity contribution in [2.45, 2.75) is 51.6 Å². The highest BCUT2D eigenvalue weighted by Gasteiger charge is 2.38. The number of aromatic amines is 1. The minimum absolute atomic E-state index is 0.0891. The molecule has 1 atom stereocenters. The predicted octanol–water partition coefficient (Wildman–Crippen LogP) is 6.00. The quantitative estimate of drug-likeness (QED) is 0.509. The Hall–Kier alpha value is -2.37. The SMILES string of the molecule is [CH2][C@@H](O[Si](C)(C)C(C)(C)C)c1ccc(OCc2ccccc2)c2[nH]c(=O)ccc12. The van der Waals surface area contributed by atoms with Crippen LogP contribution in [0.4, 0.5) is 0 Å². The molecular weight excluding hydrogens is 378 g/mol. The first-order chi connectivity index (χ1) is 13.6. The van der Waals surface area contributed by atoms with Crippen LogP contribution in [-0.4, -0.2) is 13.3 Å². The van der Waals surface area contributed by atoms with Crippen molar-refractivity contribution in [3.05, 3.63) is 83.0 Å². The zero-order chi connectivity index (χ0) is 21.2. The molecule has 0 amide bonds. The second kappa shape index (κ2) is 8.17. The molecule has 0 aliphatic carbocycles. The van der Waals surface area contributed by atoms with E-state index in [-0.39, 0.29) is 16.7 Å². The molecule has 1 heterocycles. The van der Waals surface area contributed by atoms with Crippen LogP contribution in [0.1, 0.15) is 38.0 Å². The molecule has 0 bridgehead atoms. The Balaban J connectivity index is 1.95. The number of pyridine rings is 1. The van der Waals surface area contributed by atoms with E-state index in [1.54, 1.807) is 0 Å². The second-order valence-corrected chi connectivity index (χ2v) is 13.7. The van der Waals surface area contributed by atoms with E-state index < -0.39 is 8.32 Å². The number of hydrogen-bond acceptors (Lipinski definition) is 3. The Kier molecular flexibility index (Phi) is 6.01. The van der Waals surface area contributed by atoms with E-state index in [9.17, 15) is 4.79 Å². The zero-order valence-corrected chi connectivity index (χ0v) is 18.9. The fourth-order valence-corrected chi connectivity index (χ4v) is 4.17. The summed E-state index contributed by atoms with van der Waals surface area (Å²) in [7, 11) is -1.99. The minimum atomic E-state index is -1.99. The normalized spacial score (nSPS) is 13.4. The molecule has 0 unspecified atom stereocenters. The monoisotopic (exact) mass is 408 g/mol. The molecular formula is C24H30NO3Si. The molecule has 153 valence electrons. The second-order valence-electron chi connectivity index (χ2n) is 8.91. The molecule has 1 N–H and O–H groups in total. The van der Waals surface area contributed by atoms with Crippen LogP contribution < -0.4 is 10.3 Å². The lowest BCUT2D eigenvalue weighted by molar-refractivity contribution is 0.228. The van der Waals surface area contributed by atoms with Gasteiger partial charge >= 0.3 is 0 Å². The molecule has 0 aliphatic rings. The molecule has 2 aromatic carbocycles. The number of benzene rings is 2. The lowest BCUT2D eigenvalue weighted by atomic mass is 10.0. The number of fused-ring (bicyclic) bond motifs is 1. The van der Waals surface area contributed by atoms with Crippen molar-refractivity contribution in [3.8, 4) is 5.75 Å². The predicted molar refractivity (Wildman–Crippen MR) is 122 cm³/mol. The highest BCUT2D eigenvalue weighted by molar-refractivity contribution is 6.74. The van der Waals surface area contributed by atoms with Crippen LogP contribution in [0.3, 0.4) is 0 Å². The van der Waals surface area contributed by atoms with Gasteiger partial charge in [0.25, 0.3) is 0 Å². The first-order valence-corrected chi connectivity index (χ1v) is 12.8. The summed E-state index contributed by atoms with van der Waals surface area (Å²) in [6, 6.07) is 17.2. The Bertz CT molecular complexity index is 1040. The maximum absolute atomic E-state index is 12.0. The van der Waals surface area contributed by atoms with Gasteiger partial charge in [-0.05, 0) is 48.3 Å². The summed E-state index contributed by atoms with van der Waals surface area (Å²) in [5, 5.41) is 0.986. The van der Waals surface area contributed by atoms with Gasteiger partial charge in [-0.25, -0.2) is 0 Å².